The average Bonchev–Trinajstić information content (AvgIpc) is 3.65. The molecule has 3 aromatic rings. The number of hydrogen-bond acceptors (Lipinski definition) is 9. The van der Waals surface area contributed by atoms with E-state index in [0.29, 0.717) is 6.42 Å². The van der Waals surface area contributed by atoms with E-state index in [1.165, 1.54) is 34.3 Å². The summed E-state index contributed by atoms with van der Waals surface area (Å²) in [5.41, 5.74) is 2.55. The number of nitro benzene ring substituents is 1. The van der Waals surface area contributed by atoms with Crippen molar-refractivity contribution in [3.8, 4) is 0 Å². The van der Waals surface area contributed by atoms with E-state index in [1.54, 1.807) is 0 Å². The zero-order chi connectivity index (χ0) is 28.0. The summed E-state index contributed by atoms with van der Waals surface area (Å²) in [5.74, 6) is -1.63. The van der Waals surface area contributed by atoms with Crippen LogP contribution in [0.15, 0.2) is 98.8 Å². The number of halogens is 1. The summed E-state index contributed by atoms with van der Waals surface area (Å²) in [6, 6.07) is 19.7. The Bertz CT molecular complexity index is 1580. The first-order valence-corrected chi connectivity index (χ1v) is 13.1. The van der Waals surface area contributed by atoms with Crippen LogP contribution in [0.3, 0.4) is 0 Å². The molecule has 1 saturated heterocycles. The van der Waals surface area contributed by atoms with Gasteiger partial charge in [-0.1, -0.05) is 63.6 Å². The van der Waals surface area contributed by atoms with Crippen LogP contribution in [0.1, 0.15) is 23.6 Å². The van der Waals surface area contributed by atoms with Crippen molar-refractivity contribution in [3.05, 3.63) is 105 Å². The fourth-order valence-electron chi connectivity index (χ4n) is 5.03. The molecule has 3 heterocycles. The Balaban J connectivity index is 1.24. The molecular weight excluding hydrogens is 582 g/mol. The number of nitrogens with zero attached hydrogens (tertiary/aromatic N) is 7. The third kappa shape index (κ3) is 4.43. The van der Waals surface area contributed by atoms with Gasteiger partial charge >= 0.3 is 0 Å². The number of amides is 3. The van der Waals surface area contributed by atoms with Crippen LogP contribution in [0.2, 0.25) is 0 Å². The number of carbonyl (C=O) groups is 3. The average molecular weight is 602 g/mol. The van der Waals surface area contributed by atoms with Gasteiger partial charge in [-0.3, -0.25) is 29.5 Å². The predicted molar refractivity (Wildman–Crippen MR) is 146 cm³/mol. The highest BCUT2D eigenvalue weighted by Gasteiger charge is 2.55. The monoisotopic (exact) mass is 601 g/mol. The van der Waals surface area contributed by atoms with E-state index in [-0.39, 0.29) is 24.0 Å². The molecule has 3 aliphatic heterocycles. The standard InChI is InChI=1S/C27H20BrN7O5/c28-18-8-6-16(7-9-18)21-14-22(17-4-2-1-3-5-17)34(30-21)23(36)15-32-25-24(29-31-32)26(37)33(27(25)38)19-10-12-20(13-11-19)35(39)40/h1-13,22,24-25H,14-15H2/t22-,24-,25+/m1/s1. The molecule has 0 aliphatic carbocycles. The summed E-state index contributed by atoms with van der Waals surface area (Å²) in [6.07, 6.45) is 0.496. The highest BCUT2D eigenvalue weighted by atomic mass is 79.9. The molecule has 3 amide bonds. The van der Waals surface area contributed by atoms with E-state index in [0.717, 1.165) is 26.2 Å². The number of fused-ring (bicyclic) bond motifs is 1. The summed E-state index contributed by atoms with van der Waals surface area (Å²) in [5, 5.41) is 26.2. The molecule has 3 atom stereocenters. The highest BCUT2D eigenvalue weighted by Crippen LogP contribution is 2.35. The third-order valence-electron chi connectivity index (χ3n) is 7.00. The van der Waals surface area contributed by atoms with Gasteiger partial charge in [-0.25, -0.2) is 9.91 Å². The molecule has 0 N–H and O–H groups in total. The second-order valence-electron chi connectivity index (χ2n) is 9.40. The number of hydrogen-bond donors (Lipinski definition) is 0. The lowest BCUT2D eigenvalue weighted by Crippen LogP contribution is -2.44. The zero-order valence-electron chi connectivity index (χ0n) is 20.7. The normalized spacial score (nSPS) is 21.7. The molecule has 0 unspecified atom stereocenters. The summed E-state index contributed by atoms with van der Waals surface area (Å²) in [4.78, 5) is 51.4. The molecule has 6 rings (SSSR count). The van der Waals surface area contributed by atoms with Crippen LogP contribution in [-0.2, 0) is 14.4 Å². The van der Waals surface area contributed by atoms with Gasteiger partial charge in [-0.05, 0) is 35.4 Å². The fraction of sp³-hybridized carbons (Fsp3) is 0.185. The van der Waals surface area contributed by atoms with Gasteiger partial charge in [-0.15, -0.1) is 0 Å². The quantitative estimate of drug-likeness (QED) is 0.237. The minimum atomic E-state index is -1.11. The summed E-state index contributed by atoms with van der Waals surface area (Å²) in [7, 11) is 0. The number of imide groups is 1. The molecule has 12 nitrogen and oxygen atoms in total. The minimum absolute atomic E-state index is 0.170. The van der Waals surface area contributed by atoms with E-state index in [4.69, 9.17) is 0 Å². The van der Waals surface area contributed by atoms with E-state index >= 15 is 0 Å². The number of anilines is 1. The molecular formula is C27H20BrN7O5. The lowest BCUT2D eigenvalue weighted by molar-refractivity contribution is -0.384. The Kier molecular flexibility index (Phi) is 6.42. The van der Waals surface area contributed by atoms with Crippen molar-refractivity contribution in [1.82, 2.24) is 10.0 Å². The number of non-ortho nitro benzene ring substituents is 1. The van der Waals surface area contributed by atoms with Crippen LogP contribution in [0, 0.1) is 10.1 Å². The van der Waals surface area contributed by atoms with Crippen molar-refractivity contribution >= 4 is 50.7 Å². The number of nitro groups is 1. The summed E-state index contributed by atoms with van der Waals surface area (Å²) >= 11 is 3.43. The molecule has 40 heavy (non-hydrogen) atoms. The van der Waals surface area contributed by atoms with Gasteiger partial charge in [0.1, 0.15) is 6.54 Å². The van der Waals surface area contributed by atoms with Crippen molar-refractivity contribution in [3.63, 3.8) is 0 Å². The van der Waals surface area contributed by atoms with Crippen LogP contribution >= 0.6 is 15.9 Å². The predicted octanol–water partition coefficient (Wildman–Crippen LogP) is 4.03. The summed E-state index contributed by atoms with van der Waals surface area (Å²) in [6.45, 7) is -0.321. The molecule has 0 radical (unpaired) electrons. The van der Waals surface area contributed by atoms with Gasteiger partial charge < -0.3 is 0 Å². The van der Waals surface area contributed by atoms with Crippen molar-refractivity contribution < 1.29 is 19.3 Å². The van der Waals surface area contributed by atoms with Crippen LogP contribution in [-0.4, -0.2) is 57.0 Å². The second-order valence-corrected chi connectivity index (χ2v) is 10.3. The van der Waals surface area contributed by atoms with Crippen LogP contribution < -0.4 is 4.90 Å². The number of benzene rings is 3. The first-order chi connectivity index (χ1) is 19.3. The second kappa shape index (κ2) is 10.1. The van der Waals surface area contributed by atoms with Crippen molar-refractivity contribution in [2.24, 2.45) is 15.4 Å². The van der Waals surface area contributed by atoms with Crippen molar-refractivity contribution in [2.45, 2.75) is 24.5 Å². The molecule has 3 aliphatic rings. The van der Waals surface area contributed by atoms with E-state index < -0.39 is 34.7 Å². The summed E-state index contributed by atoms with van der Waals surface area (Å²) < 4.78 is 0.926. The maximum Gasteiger partial charge on any atom is 0.269 e. The smallest absolute Gasteiger partial charge is 0.269 e. The lowest BCUT2D eigenvalue weighted by Gasteiger charge is -2.25. The number of rotatable bonds is 6. The Morgan fingerprint density at radius 1 is 0.975 bits per heavy atom. The molecule has 0 saturated carbocycles. The van der Waals surface area contributed by atoms with Crippen LogP contribution in [0.5, 0.6) is 0 Å². The molecule has 1 fully saturated rings. The minimum Gasteiger partial charge on any atom is -0.271 e. The first-order valence-electron chi connectivity index (χ1n) is 12.3. The number of hydrazone groups is 1. The molecule has 13 heteroatoms. The van der Waals surface area contributed by atoms with Gasteiger partial charge in [-0.2, -0.15) is 10.2 Å². The van der Waals surface area contributed by atoms with Gasteiger partial charge in [0.2, 0.25) is 0 Å². The Labute approximate surface area is 235 Å². The fourth-order valence-corrected chi connectivity index (χ4v) is 5.30. The zero-order valence-corrected chi connectivity index (χ0v) is 22.3. The van der Waals surface area contributed by atoms with E-state index in [2.05, 4.69) is 31.4 Å². The van der Waals surface area contributed by atoms with Crippen molar-refractivity contribution in [1.29, 1.82) is 0 Å². The first kappa shape index (κ1) is 25.5. The van der Waals surface area contributed by atoms with Crippen molar-refractivity contribution in [2.75, 3.05) is 11.4 Å². The molecule has 200 valence electrons. The number of carbonyl (C=O) groups excluding carboxylic acids is 3. The maximum absolute atomic E-state index is 13.6. The molecule has 0 spiro atoms. The van der Waals surface area contributed by atoms with E-state index in [9.17, 15) is 24.5 Å². The lowest BCUT2D eigenvalue weighted by atomic mass is 9.98. The van der Waals surface area contributed by atoms with Gasteiger partial charge in [0.05, 0.1) is 22.4 Å². The largest absolute Gasteiger partial charge is 0.271 e. The maximum atomic E-state index is 13.6. The Morgan fingerprint density at radius 3 is 2.35 bits per heavy atom. The molecule has 0 aromatic heterocycles. The highest BCUT2D eigenvalue weighted by molar-refractivity contribution is 9.10. The molecule has 0 bridgehead atoms. The van der Waals surface area contributed by atoms with Gasteiger partial charge in [0.25, 0.3) is 23.4 Å². The topological polar surface area (TPSA) is 141 Å². The van der Waals surface area contributed by atoms with Gasteiger partial charge in [0, 0.05) is 23.0 Å². The van der Waals surface area contributed by atoms with Crippen LogP contribution in [0.4, 0.5) is 11.4 Å². The van der Waals surface area contributed by atoms with E-state index in [1.807, 2.05) is 54.6 Å². The van der Waals surface area contributed by atoms with Gasteiger partial charge in [0.15, 0.2) is 12.1 Å². The Morgan fingerprint density at radius 2 is 1.68 bits per heavy atom. The third-order valence-corrected chi connectivity index (χ3v) is 7.53. The molecule has 3 aromatic carbocycles. The van der Waals surface area contributed by atoms with Crippen LogP contribution in [0.25, 0.3) is 0 Å². The Hall–Kier alpha value is -4.78. The SMILES string of the molecule is O=C1[C@@H]2[C@@H](N=NN2CC(=O)N2N=C(c3ccc(Br)cc3)C[C@@H]2c2ccccc2)C(=O)N1c1ccc([N+](=O)[O-])cc1.